The lowest BCUT2D eigenvalue weighted by atomic mass is 10.0. The van der Waals surface area contributed by atoms with E-state index in [4.69, 9.17) is 0 Å². The molecule has 4 rings (SSSR count). The molecule has 140 valence electrons. The van der Waals surface area contributed by atoms with E-state index in [9.17, 15) is 23.5 Å². The molecule has 0 aliphatic carbocycles. The predicted octanol–water partition coefficient (Wildman–Crippen LogP) is 4.05. The summed E-state index contributed by atoms with van der Waals surface area (Å²) in [5.41, 5.74) is -0.272. The third-order valence-electron chi connectivity index (χ3n) is 4.38. The fourth-order valence-corrected chi connectivity index (χ4v) is 3.96. The summed E-state index contributed by atoms with van der Waals surface area (Å²) in [4.78, 5) is 30.8. The monoisotopic (exact) mass is 398 g/mol. The van der Waals surface area contributed by atoms with Crippen molar-refractivity contribution in [2.24, 2.45) is 0 Å². The average Bonchev–Trinajstić information content (AvgIpc) is 3.31. The Morgan fingerprint density at radius 2 is 1.86 bits per heavy atom. The van der Waals surface area contributed by atoms with Crippen molar-refractivity contribution in [1.82, 2.24) is 4.98 Å². The fourth-order valence-electron chi connectivity index (χ4n) is 3.13. The molecule has 1 fully saturated rings. The van der Waals surface area contributed by atoms with E-state index in [1.165, 1.54) is 35.9 Å². The summed E-state index contributed by atoms with van der Waals surface area (Å²) in [5, 5.41) is 12.5. The highest BCUT2D eigenvalue weighted by Gasteiger charge is 2.48. The van der Waals surface area contributed by atoms with E-state index in [-0.39, 0.29) is 16.8 Å². The molecule has 1 amide bonds. The molecule has 1 aliphatic rings. The lowest BCUT2D eigenvalue weighted by Gasteiger charge is -2.24. The summed E-state index contributed by atoms with van der Waals surface area (Å²) in [6.07, 6.45) is 2.86. The number of aromatic nitrogens is 1. The van der Waals surface area contributed by atoms with E-state index in [2.05, 4.69) is 4.98 Å². The molecule has 3 aromatic rings. The van der Waals surface area contributed by atoms with Gasteiger partial charge in [0, 0.05) is 28.9 Å². The molecular formula is C20H12F2N2O3S. The van der Waals surface area contributed by atoms with E-state index >= 15 is 0 Å². The van der Waals surface area contributed by atoms with Crippen molar-refractivity contribution in [2.45, 2.75) is 6.04 Å². The second-order valence-corrected chi connectivity index (χ2v) is 7.00. The van der Waals surface area contributed by atoms with Gasteiger partial charge in [-0.15, -0.1) is 11.3 Å². The molecule has 1 aliphatic heterocycles. The molecule has 1 unspecified atom stereocenters. The molecule has 0 bridgehead atoms. The largest absolute Gasteiger partial charge is 0.507 e. The van der Waals surface area contributed by atoms with Crippen LogP contribution < -0.4 is 4.90 Å². The number of aliphatic hydroxyl groups is 1. The highest BCUT2D eigenvalue weighted by molar-refractivity contribution is 7.10. The zero-order chi connectivity index (χ0) is 19.8. The zero-order valence-electron chi connectivity index (χ0n) is 14.2. The summed E-state index contributed by atoms with van der Waals surface area (Å²) in [6.45, 7) is 0. The maximum atomic E-state index is 14.4. The van der Waals surface area contributed by atoms with Crippen LogP contribution >= 0.6 is 11.3 Å². The standard InChI is InChI=1S/C20H12F2N2O3S/c21-12-3-4-13(22)14(10-12)24-17(15-2-1-9-28-15)16(19(26)20(24)27)18(25)11-5-7-23-8-6-11/h1-10,17,25H/b18-16-. The maximum Gasteiger partial charge on any atom is 0.300 e. The lowest BCUT2D eigenvalue weighted by Crippen LogP contribution is -2.30. The number of aliphatic hydroxyl groups excluding tert-OH is 1. The van der Waals surface area contributed by atoms with Crippen molar-refractivity contribution >= 4 is 34.5 Å². The molecule has 1 saturated heterocycles. The maximum absolute atomic E-state index is 14.4. The molecule has 0 radical (unpaired) electrons. The van der Waals surface area contributed by atoms with E-state index in [1.54, 1.807) is 17.5 Å². The van der Waals surface area contributed by atoms with Gasteiger partial charge in [-0.1, -0.05) is 6.07 Å². The predicted molar refractivity (Wildman–Crippen MR) is 99.7 cm³/mol. The minimum atomic E-state index is -1.08. The van der Waals surface area contributed by atoms with Crippen LogP contribution in [0.2, 0.25) is 0 Å². The number of Topliss-reactive ketones (excluding diaryl/α,β-unsaturated/α-hetero) is 1. The molecule has 2 aromatic heterocycles. The van der Waals surface area contributed by atoms with Crippen LogP contribution in [-0.2, 0) is 9.59 Å². The highest BCUT2D eigenvalue weighted by Crippen LogP contribution is 2.44. The number of hydrogen-bond donors (Lipinski definition) is 1. The van der Waals surface area contributed by atoms with Crippen LogP contribution in [0.15, 0.2) is 65.8 Å². The highest BCUT2D eigenvalue weighted by atomic mass is 32.1. The number of rotatable bonds is 3. The summed E-state index contributed by atoms with van der Waals surface area (Å²) in [6, 6.07) is 7.91. The summed E-state index contributed by atoms with van der Waals surface area (Å²) < 4.78 is 28.2. The fraction of sp³-hybridized carbons (Fsp3) is 0.0500. The molecule has 8 heteroatoms. The molecule has 0 spiro atoms. The van der Waals surface area contributed by atoms with E-state index in [0.717, 1.165) is 23.1 Å². The topological polar surface area (TPSA) is 70.5 Å². The van der Waals surface area contributed by atoms with E-state index in [1.807, 2.05) is 0 Å². The normalized spacial score (nSPS) is 18.6. The zero-order valence-corrected chi connectivity index (χ0v) is 15.0. The Kier molecular flexibility index (Phi) is 4.48. The number of pyridine rings is 1. The number of nitrogens with zero attached hydrogens (tertiary/aromatic N) is 2. The quantitative estimate of drug-likeness (QED) is 0.411. The lowest BCUT2D eigenvalue weighted by molar-refractivity contribution is -0.132. The van der Waals surface area contributed by atoms with Crippen LogP contribution in [0.3, 0.4) is 0 Å². The number of hydrogen-bond acceptors (Lipinski definition) is 5. The van der Waals surface area contributed by atoms with Gasteiger partial charge in [0.25, 0.3) is 11.7 Å². The van der Waals surface area contributed by atoms with Gasteiger partial charge in [-0.05, 0) is 35.7 Å². The Balaban J connectivity index is 1.97. The third kappa shape index (κ3) is 2.87. The van der Waals surface area contributed by atoms with Crippen molar-refractivity contribution in [3.8, 4) is 0 Å². The molecule has 1 atom stereocenters. The van der Waals surface area contributed by atoms with Gasteiger partial charge in [-0.25, -0.2) is 8.78 Å². The van der Waals surface area contributed by atoms with Gasteiger partial charge in [0.2, 0.25) is 0 Å². The van der Waals surface area contributed by atoms with Gasteiger partial charge in [-0.2, -0.15) is 0 Å². The number of carbonyl (C=O) groups is 2. The first-order valence-electron chi connectivity index (χ1n) is 8.19. The SMILES string of the molecule is O=C1C(=O)N(c2cc(F)ccc2F)C(c2cccs2)/C1=C(/O)c1ccncc1. The summed E-state index contributed by atoms with van der Waals surface area (Å²) >= 11 is 1.23. The second-order valence-electron chi connectivity index (χ2n) is 6.02. The van der Waals surface area contributed by atoms with E-state index in [0.29, 0.717) is 4.88 Å². The van der Waals surface area contributed by atoms with Crippen LogP contribution in [0.5, 0.6) is 0 Å². The molecule has 1 N–H and O–H groups in total. The van der Waals surface area contributed by atoms with Crippen LogP contribution in [0.4, 0.5) is 14.5 Å². The molecule has 1 aromatic carbocycles. The first-order chi connectivity index (χ1) is 13.5. The Morgan fingerprint density at radius 3 is 2.54 bits per heavy atom. The Bertz CT molecular complexity index is 1100. The first kappa shape index (κ1) is 18.0. The van der Waals surface area contributed by atoms with Crippen LogP contribution in [-0.4, -0.2) is 21.8 Å². The summed E-state index contributed by atoms with van der Waals surface area (Å²) in [7, 11) is 0. The molecule has 3 heterocycles. The molecule has 5 nitrogen and oxygen atoms in total. The average molecular weight is 398 g/mol. The van der Waals surface area contributed by atoms with Gasteiger partial charge in [0.05, 0.1) is 11.3 Å². The number of halogens is 2. The Hall–Kier alpha value is -3.39. The van der Waals surface area contributed by atoms with Crippen molar-refractivity contribution in [3.05, 3.63) is 87.9 Å². The number of ketones is 1. The Labute approximate surface area is 162 Å². The van der Waals surface area contributed by atoms with Crippen molar-refractivity contribution in [2.75, 3.05) is 4.90 Å². The molecular weight excluding hydrogens is 386 g/mol. The number of thiophene rings is 1. The van der Waals surface area contributed by atoms with Gasteiger partial charge in [0.15, 0.2) is 0 Å². The third-order valence-corrected chi connectivity index (χ3v) is 5.30. The van der Waals surface area contributed by atoms with Crippen LogP contribution in [0.1, 0.15) is 16.5 Å². The molecule has 0 saturated carbocycles. The van der Waals surface area contributed by atoms with Gasteiger partial charge in [0.1, 0.15) is 23.4 Å². The Morgan fingerprint density at radius 1 is 1.11 bits per heavy atom. The number of amides is 1. The van der Waals surface area contributed by atoms with Crippen molar-refractivity contribution < 1.29 is 23.5 Å². The van der Waals surface area contributed by atoms with Crippen molar-refractivity contribution in [3.63, 3.8) is 0 Å². The first-order valence-corrected chi connectivity index (χ1v) is 9.07. The van der Waals surface area contributed by atoms with Gasteiger partial charge in [-0.3, -0.25) is 19.5 Å². The molecule has 28 heavy (non-hydrogen) atoms. The van der Waals surface area contributed by atoms with Crippen LogP contribution in [0, 0.1) is 11.6 Å². The smallest absolute Gasteiger partial charge is 0.300 e. The van der Waals surface area contributed by atoms with Crippen LogP contribution in [0.25, 0.3) is 5.76 Å². The van der Waals surface area contributed by atoms with Gasteiger partial charge >= 0.3 is 0 Å². The minimum absolute atomic E-state index is 0.192. The summed E-state index contributed by atoms with van der Waals surface area (Å²) in [5.74, 6) is -4.03. The minimum Gasteiger partial charge on any atom is -0.507 e. The van der Waals surface area contributed by atoms with E-state index < -0.39 is 35.1 Å². The number of benzene rings is 1. The second kappa shape index (κ2) is 6.97. The van der Waals surface area contributed by atoms with Gasteiger partial charge < -0.3 is 5.11 Å². The number of anilines is 1. The van der Waals surface area contributed by atoms with Crippen molar-refractivity contribution in [1.29, 1.82) is 0 Å². The number of carbonyl (C=O) groups excluding carboxylic acids is 2.